The highest BCUT2D eigenvalue weighted by Crippen LogP contribution is 2.28. The summed E-state index contributed by atoms with van der Waals surface area (Å²) in [5.41, 5.74) is 8.77. The van der Waals surface area contributed by atoms with Gasteiger partial charge in [-0.1, -0.05) is 49.7 Å². The van der Waals surface area contributed by atoms with Crippen LogP contribution < -0.4 is 0 Å². The fourth-order valence-corrected chi connectivity index (χ4v) is 3.60. The van der Waals surface area contributed by atoms with Crippen LogP contribution in [0.2, 0.25) is 0 Å². The number of fused-ring (bicyclic) bond motifs is 2. The lowest BCUT2D eigenvalue weighted by molar-refractivity contribution is 0.799. The molecule has 138 valence electrons. The minimum atomic E-state index is 0.386. The van der Waals surface area contributed by atoms with Crippen LogP contribution in [0.4, 0.5) is 0 Å². The SMILES string of the molecule is Cc1cccc(-c2nc3ccc(-c4ccc5nc(C(C)C)[nH]c5c4)cc3[nH]2)c1. The van der Waals surface area contributed by atoms with Crippen molar-refractivity contribution in [1.29, 1.82) is 0 Å². The fourth-order valence-electron chi connectivity index (χ4n) is 3.60. The van der Waals surface area contributed by atoms with Gasteiger partial charge in [0.2, 0.25) is 0 Å². The summed E-state index contributed by atoms with van der Waals surface area (Å²) in [7, 11) is 0. The third-order valence-electron chi connectivity index (χ3n) is 5.15. The molecule has 0 aliphatic rings. The molecule has 28 heavy (non-hydrogen) atoms. The Kier molecular flexibility index (Phi) is 3.79. The van der Waals surface area contributed by atoms with Crippen LogP contribution in [0, 0.1) is 6.92 Å². The molecule has 0 bridgehead atoms. The van der Waals surface area contributed by atoms with Crippen LogP contribution in [0.25, 0.3) is 44.6 Å². The summed E-state index contributed by atoms with van der Waals surface area (Å²) in [6.07, 6.45) is 0. The molecule has 0 aliphatic carbocycles. The number of aryl methyl sites for hydroxylation is 1. The van der Waals surface area contributed by atoms with Crippen molar-refractivity contribution in [2.75, 3.05) is 0 Å². The van der Waals surface area contributed by atoms with Crippen LogP contribution in [0.3, 0.4) is 0 Å². The van der Waals surface area contributed by atoms with Crippen molar-refractivity contribution in [3.63, 3.8) is 0 Å². The zero-order chi connectivity index (χ0) is 19.3. The molecule has 4 heteroatoms. The monoisotopic (exact) mass is 366 g/mol. The average Bonchev–Trinajstić information content (AvgIpc) is 3.31. The van der Waals surface area contributed by atoms with Crippen LogP contribution in [0.15, 0.2) is 60.7 Å². The Hall–Kier alpha value is -3.40. The number of aromatic amines is 2. The number of rotatable bonds is 3. The molecule has 0 atom stereocenters. The van der Waals surface area contributed by atoms with Gasteiger partial charge in [-0.3, -0.25) is 0 Å². The summed E-state index contributed by atoms with van der Waals surface area (Å²) in [6, 6.07) is 21.2. The lowest BCUT2D eigenvalue weighted by atomic mass is 10.0. The van der Waals surface area contributed by atoms with Crippen LogP contribution in [0.1, 0.15) is 31.2 Å². The standard InChI is InChI=1S/C24H22N4/c1-14(2)23-25-19-9-7-16(12-21(19)27-23)17-8-10-20-22(13-17)28-24(26-20)18-6-4-5-15(3)11-18/h4-14H,1-3H3,(H,25,27)(H,26,28). The van der Waals surface area contributed by atoms with Gasteiger partial charge in [-0.05, 0) is 48.4 Å². The number of imidazole rings is 2. The van der Waals surface area contributed by atoms with Gasteiger partial charge in [0.1, 0.15) is 11.6 Å². The maximum absolute atomic E-state index is 4.76. The molecule has 2 aromatic heterocycles. The molecule has 0 spiro atoms. The molecule has 0 unspecified atom stereocenters. The van der Waals surface area contributed by atoms with E-state index in [2.05, 4.69) is 96.4 Å². The molecule has 5 rings (SSSR count). The summed E-state index contributed by atoms with van der Waals surface area (Å²) >= 11 is 0. The fraction of sp³-hybridized carbons (Fsp3) is 0.167. The van der Waals surface area contributed by atoms with E-state index in [1.807, 2.05) is 0 Å². The first-order valence-corrected chi connectivity index (χ1v) is 9.64. The molecule has 5 aromatic rings. The van der Waals surface area contributed by atoms with Gasteiger partial charge in [0.05, 0.1) is 22.1 Å². The number of nitrogens with one attached hydrogen (secondary N) is 2. The van der Waals surface area contributed by atoms with E-state index < -0.39 is 0 Å². The highest BCUT2D eigenvalue weighted by Gasteiger charge is 2.10. The Morgan fingerprint density at radius 3 is 2.07 bits per heavy atom. The first kappa shape index (κ1) is 16.8. The maximum atomic E-state index is 4.76. The summed E-state index contributed by atoms with van der Waals surface area (Å²) in [4.78, 5) is 16.3. The van der Waals surface area contributed by atoms with Crippen molar-refractivity contribution in [1.82, 2.24) is 19.9 Å². The second kappa shape index (κ2) is 6.34. The van der Waals surface area contributed by atoms with Crippen LogP contribution in [-0.2, 0) is 0 Å². The second-order valence-corrected chi connectivity index (χ2v) is 7.70. The highest BCUT2D eigenvalue weighted by molar-refractivity contribution is 5.87. The van der Waals surface area contributed by atoms with Crippen molar-refractivity contribution in [2.45, 2.75) is 26.7 Å². The topological polar surface area (TPSA) is 57.4 Å². The maximum Gasteiger partial charge on any atom is 0.138 e. The zero-order valence-electron chi connectivity index (χ0n) is 16.2. The lowest BCUT2D eigenvalue weighted by Gasteiger charge is -2.02. The normalized spacial score (nSPS) is 11.7. The van der Waals surface area contributed by atoms with E-state index in [9.17, 15) is 0 Å². The molecule has 0 fully saturated rings. The third-order valence-corrected chi connectivity index (χ3v) is 5.15. The van der Waals surface area contributed by atoms with Gasteiger partial charge >= 0.3 is 0 Å². The third kappa shape index (κ3) is 2.87. The van der Waals surface area contributed by atoms with Gasteiger partial charge in [0.15, 0.2) is 0 Å². The minimum absolute atomic E-state index is 0.386. The summed E-state index contributed by atoms with van der Waals surface area (Å²) < 4.78 is 0. The van der Waals surface area contributed by atoms with Crippen LogP contribution >= 0.6 is 0 Å². The molecule has 0 radical (unpaired) electrons. The van der Waals surface area contributed by atoms with Crippen LogP contribution in [0.5, 0.6) is 0 Å². The number of hydrogen-bond donors (Lipinski definition) is 2. The van der Waals surface area contributed by atoms with Gasteiger partial charge in [-0.2, -0.15) is 0 Å². The average molecular weight is 366 g/mol. The zero-order valence-corrected chi connectivity index (χ0v) is 16.2. The molecule has 3 aromatic carbocycles. The predicted molar refractivity (Wildman–Crippen MR) is 115 cm³/mol. The summed E-state index contributed by atoms with van der Waals surface area (Å²) in [5.74, 6) is 2.32. The molecular weight excluding hydrogens is 344 g/mol. The van der Waals surface area contributed by atoms with Gasteiger partial charge in [-0.25, -0.2) is 9.97 Å². The van der Waals surface area contributed by atoms with Crippen molar-refractivity contribution >= 4 is 22.1 Å². The Labute approximate surface area is 163 Å². The van der Waals surface area contributed by atoms with Crippen molar-refractivity contribution < 1.29 is 0 Å². The van der Waals surface area contributed by atoms with Crippen LogP contribution in [-0.4, -0.2) is 19.9 Å². The Bertz CT molecular complexity index is 1310. The number of aromatic nitrogens is 4. The highest BCUT2D eigenvalue weighted by atomic mass is 14.9. The number of H-pyrrole nitrogens is 2. The molecule has 0 saturated heterocycles. The molecule has 0 amide bonds. The quantitative estimate of drug-likeness (QED) is 0.399. The number of hydrogen-bond acceptors (Lipinski definition) is 2. The van der Waals surface area contributed by atoms with Gasteiger partial charge < -0.3 is 9.97 Å². The van der Waals surface area contributed by atoms with Crippen molar-refractivity contribution in [3.05, 3.63) is 72.1 Å². The van der Waals surface area contributed by atoms with Crippen molar-refractivity contribution in [2.24, 2.45) is 0 Å². The van der Waals surface area contributed by atoms with Gasteiger partial charge in [-0.15, -0.1) is 0 Å². The molecule has 4 nitrogen and oxygen atoms in total. The molecule has 2 heterocycles. The summed E-state index contributed by atoms with van der Waals surface area (Å²) in [6.45, 7) is 6.40. The molecule has 0 aliphatic heterocycles. The van der Waals surface area contributed by atoms with E-state index in [-0.39, 0.29) is 0 Å². The van der Waals surface area contributed by atoms with E-state index in [1.165, 1.54) is 11.1 Å². The molecule has 0 saturated carbocycles. The van der Waals surface area contributed by atoms with E-state index in [0.29, 0.717) is 5.92 Å². The second-order valence-electron chi connectivity index (χ2n) is 7.70. The molecular formula is C24H22N4. The Balaban J connectivity index is 1.56. The van der Waals surface area contributed by atoms with Crippen molar-refractivity contribution in [3.8, 4) is 22.5 Å². The first-order valence-electron chi connectivity index (χ1n) is 9.64. The number of benzene rings is 3. The first-order chi connectivity index (χ1) is 13.6. The van der Waals surface area contributed by atoms with E-state index in [1.54, 1.807) is 0 Å². The Morgan fingerprint density at radius 2 is 1.39 bits per heavy atom. The lowest BCUT2D eigenvalue weighted by Crippen LogP contribution is -1.88. The summed E-state index contributed by atoms with van der Waals surface area (Å²) in [5, 5.41) is 0. The smallest absolute Gasteiger partial charge is 0.138 e. The Morgan fingerprint density at radius 1 is 0.714 bits per heavy atom. The van der Waals surface area contributed by atoms with E-state index in [4.69, 9.17) is 4.98 Å². The van der Waals surface area contributed by atoms with E-state index in [0.717, 1.165) is 44.8 Å². The predicted octanol–water partition coefficient (Wildman–Crippen LogP) is 6.21. The largest absolute Gasteiger partial charge is 0.342 e. The van der Waals surface area contributed by atoms with Gasteiger partial charge in [0, 0.05) is 11.5 Å². The number of nitrogens with zero attached hydrogens (tertiary/aromatic N) is 2. The van der Waals surface area contributed by atoms with E-state index >= 15 is 0 Å². The van der Waals surface area contributed by atoms with Gasteiger partial charge in [0.25, 0.3) is 0 Å². The minimum Gasteiger partial charge on any atom is -0.342 e. The molecule has 2 N–H and O–H groups in total.